The minimum atomic E-state index is 0.218. The molecular weight excluding hydrogens is 296 g/mol. The van der Waals surface area contributed by atoms with E-state index in [2.05, 4.69) is 15.3 Å². The maximum atomic E-state index is 6.12. The molecule has 0 radical (unpaired) electrons. The molecule has 0 fully saturated rings. The highest BCUT2D eigenvalue weighted by Crippen LogP contribution is 2.28. The van der Waals surface area contributed by atoms with Crippen molar-refractivity contribution in [1.82, 2.24) is 9.97 Å². The largest absolute Gasteiger partial charge is 0.497 e. The number of halogens is 1. The van der Waals surface area contributed by atoms with Crippen LogP contribution in [0.2, 0.25) is 5.02 Å². The van der Waals surface area contributed by atoms with Gasteiger partial charge in [0, 0.05) is 11.8 Å². The van der Waals surface area contributed by atoms with E-state index in [4.69, 9.17) is 34.3 Å². The molecule has 0 aliphatic carbocycles. The summed E-state index contributed by atoms with van der Waals surface area (Å²) >= 11 is 11.0. The fourth-order valence-electron chi connectivity index (χ4n) is 1.60. The Bertz CT molecular complexity index is 663. The van der Waals surface area contributed by atoms with Crippen LogP contribution < -0.4 is 15.8 Å². The maximum Gasteiger partial charge on any atom is 0.228 e. The Hall–Kier alpha value is -1.92. The monoisotopic (exact) mass is 308 g/mol. The number of anilines is 2. The molecule has 0 unspecified atom stereocenters. The van der Waals surface area contributed by atoms with Crippen LogP contribution in [0.5, 0.6) is 5.75 Å². The van der Waals surface area contributed by atoms with Gasteiger partial charge in [-0.3, -0.25) is 0 Å². The molecule has 1 heterocycles. The zero-order chi connectivity index (χ0) is 14.7. The first-order valence-corrected chi connectivity index (χ1v) is 6.54. The second-order valence-electron chi connectivity index (χ2n) is 4.05. The number of hydrogen-bond acceptors (Lipinski definition) is 5. The van der Waals surface area contributed by atoms with Crippen molar-refractivity contribution in [3.8, 4) is 5.75 Å². The third kappa shape index (κ3) is 3.34. The van der Waals surface area contributed by atoms with E-state index in [-0.39, 0.29) is 4.99 Å². The highest BCUT2D eigenvalue weighted by molar-refractivity contribution is 7.80. The fraction of sp³-hybridized carbons (Fsp3) is 0.154. The number of nitrogens with zero attached hydrogens (tertiary/aromatic N) is 2. The van der Waals surface area contributed by atoms with Crippen molar-refractivity contribution in [2.24, 2.45) is 5.73 Å². The molecule has 0 aliphatic rings. The quantitative estimate of drug-likeness (QED) is 0.846. The summed E-state index contributed by atoms with van der Waals surface area (Å²) in [7, 11) is 1.58. The van der Waals surface area contributed by atoms with E-state index in [1.165, 1.54) is 0 Å². The van der Waals surface area contributed by atoms with Crippen LogP contribution in [0.3, 0.4) is 0 Å². The molecule has 104 valence electrons. The number of nitrogens with two attached hydrogens (primary N) is 1. The summed E-state index contributed by atoms with van der Waals surface area (Å²) in [5, 5.41) is 3.57. The summed E-state index contributed by atoms with van der Waals surface area (Å²) in [5.74, 6) is 1.06. The predicted molar refractivity (Wildman–Crippen MR) is 83.9 cm³/mol. The Morgan fingerprint density at radius 3 is 2.75 bits per heavy atom. The van der Waals surface area contributed by atoms with Crippen LogP contribution in [0, 0.1) is 6.92 Å². The maximum absolute atomic E-state index is 6.12. The second-order valence-corrected chi connectivity index (χ2v) is 4.90. The molecule has 0 bridgehead atoms. The average Bonchev–Trinajstić information content (AvgIpc) is 2.40. The molecule has 2 rings (SSSR count). The molecule has 20 heavy (non-hydrogen) atoms. The van der Waals surface area contributed by atoms with Crippen LogP contribution in [0.1, 0.15) is 11.4 Å². The van der Waals surface area contributed by atoms with Crippen molar-refractivity contribution in [3.05, 3.63) is 40.7 Å². The van der Waals surface area contributed by atoms with E-state index in [9.17, 15) is 0 Å². The zero-order valence-corrected chi connectivity index (χ0v) is 12.5. The highest BCUT2D eigenvalue weighted by atomic mass is 35.5. The number of thiocarbonyl (C=S) groups is 1. The highest BCUT2D eigenvalue weighted by Gasteiger charge is 2.08. The molecule has 0 saturated carbocycles. The van der Waals surface area contributed by atoms with Crippen molar-refractivity contribution in [1.29, 1.82) is 0 Å². The van der Waals surface area contributed by atoms with Crippen LogP contribution >= 0.6 is 23.8 Å². The summed E-state index contributed by atoms with van der Waals surface area (Å²) < 4.78 is 5.15. The van der Waals surface area contributed by atoms with Crippen molar-refractivity contribution < 1.29 is 4.74 Å². The SMILES string of the molecule is COc1ccc(Cl)c(Nc2nc(C)cc(C(N)=S)n2)c1. The Morgan fingerprint density at radius 1 is 1.35 bits per heavy atom. The number of benzene rings is 1. The molecule has 0 spiro atoms. The molecule has 0 aliphatic heterocycles. The summed E-state index contributed by atoms with van der Waals surface area (Å²) in [6.45, 7) is 1.84. The van der Waals surface area contributed by atoms with Crippen LogP contribution in [0.15, 0.2) is 24.3 Å². The first kappa shape index (κ1) is 14.5. The van der Waals surface area contributed by atoms with Gasteiger partial charge >= 0.3 is 0 Å². The van der Waals surface area contributed by atoms with Crippen LogP contribution in [-0.2, 0) is 0 Å². The molecule has 0 atom stereocenters. The minimum Gasteiger partial charge on any atom is -0.497 e. The average molecular weight is 309 g/mol. The van der Waals surface area contributed by atoms with Crippen molar-refractivity contribution in [2.45, 2.75) is 6.92 Å². The van der Waals surface area contributed by atoms with Gasteiger partial charge in [0.05, 0.1) is 17.8 Å². The van der Waals surface area contributed by atoms with E-state index < -0.39 is 0 Å². The fourth-order valence-corrected chi connectivity index (χ4v) is 1.87. The van der Waals surface area contributed by atoms with Crippen molar-refractivity contribution >= 4 is 40.4 Å². The lowest BCUT2D eigenvalue weighted by Gasteiger charge is -2.10. The van der Waals surface area contributed by atoms with E-state index in [0.717, 1.165) is 5.69 Å². The normalized spacial score (nSPS) is 10.2. The van der Waals surface area contributed by atoms with Crippen molar-refractivity contribution in [3.63, 3.8) is 0 Å². The first-order chi connectivity index (χ1) is 9.49. The second kappa shape index (κ2) is 6.02. The molecule has 3 N–H and O–H groups in total. The predicted octanol–water partition coefficient (Wildman–Crippen LogP) is 2.82. The Balaban J connectivity index is 2.36. The molecule has 7 heteroatoms. The summed E-state index contributed by atoms with van der Waals surface area (Å²) in [5.41, 5.74) is 7.49. The van der Waals surface area contributed by atoms with Gasteiger partial charge < -0.3 is 15.8 Å². The first-order valence-electron chi connectivity index (χ1n) is 5.75. The zero-order valence-electron chi connectivity index (χ0n) is 11.0. The summed E-state index contributed by atoms with van der Waals surface area (Å²) in [4.78, 5) is 8.73. The van der Waals surface area contributed by atoms with E-state index in [1.54, 1.807) is 31.4 Å². The molecule has 1 aromatic heterocycles. The van der Waals surface area contributed by atoms with Crippen LogP contribution in [0.4, 0.5) is 11.6 Å². The lowest BCUT2D eigenvalue weighted by atomic mass is 10.3. The topological polar surface area (TPSA) is 73.1 Å². The number of aryl methyl sites for hydroxylation is 1. The van der Waals surface area contributed by atoms with Gasteiger partial charge in [-0.15, -0.1) is 0 Å². The summed E-state index contributed by atoms with van der Waals surface area (Å²) in [6.07, 6.45) is 0. The number of ether oxygens (including phenoxy) is 1. The third-order valence-corrected chi connectivity index (χ3v) is 3.07. The number of hydrogen-bond donors (Lipinski definition) is 2. The number of methoxy groups -OCH3 is 1. The molecule has 5 nitrogen and oxygen atoms in total. The smallest absolute Gasteiger partial charge is 0.228 e. The Labute approximate surface area is 127 Å². The standard InChI is InChI=1S/C13H13ClN4OS/c1-7-5-11(12(15)20)18-13(16-7)17-10-6-8(19-2)3-4-9(10)14/h3-6H,1-2H3,(H2,15,20)(H,16,17,18). The molecular formula is C13H13ClN4OS. The molecule has 2 aromatic rings. The van der Waals surface area contributed by atoms with Gasteiger partial charge in [0.1, 0.15) is 16.4 Å². The van der Waals surface area contributed by atoms with Gasteiger partial charge in [0.25, 0.3) is 0 Å². The lowest BCUT2D eigenvalue weighted by molar-refractivity contribution is 0.415. The van der Waals surface area contributed by atoms with Crippen LogP contribution in [0.25, 0.3) is 0 Å². The number of nitrogens with one attached hydrogen (secondary N) is 1. The van der Waals surface area contributed by atoms with Gasteiger partial charge in [-0.1, -0.05) is 23.8 Å². The van der Waals surface area contributed by atoms with Gasteiger partial charge in [0.2, 0.25) is 5.95 Å². The van der Waals surface area contributed by atoms with Crippen LogP contribution in [-0.4, -0.2) is 22.1 Å². The van der Waals surface area contributed by atoms with E-state index >= 15 is 0 Å². The number of rotatable bonds is 4. The Morgan fingerprint density at radius 2 is 2.10 bits per heavy atom. The van der Waals surface area contributed by atoms with Gasteiger partial charge in [0.15, 0.2) is 0 Å². The van der Waals surface area contributed by atoms with E-state index in [0.29, 0.717) is 28.1 Å². The van der Waals surface area contributed by atoms with Gasteiger partial charge in [-0.2, -0.15) is 0 Å². The van der Waals surface area contributed by atoms with Gasteiger partial charge in [-0.25, -0.2) is 9.97 Å². The number of aromatic nitrogens is 2. The van der Waals surface area contributed by atoms with Crippen molar-refractivity contribution in [2.75, 3.05) is 12.4 Å². The molecule has 1 aromatic carbocycles. The molecule has 0 saturated heterocycles. The minimum absolute atomic E-state index is 0.218. The van der Waals surface area contributed by atoms with E-state index in [1.807, 2.05) is 6.92 Å². The summed E-state index contributed by atoms with van der Waals surface area (Å²) in [6, 6.07) is 6.98. The van der Waals surface area contributed by atoms with Gasteiger partial charge in [-0.05, 0) is 25.1 Å². The molecule has 0 amide bonds. The third-order valence-electron chi connectivity index (χ3n) is 2.53. The Kier molecular flexibility index (Phi) is 4.36. The lowest BCUT2D eigenvalue weighted by Crippen LogP contribution is -2.13.